The van der Waals surface area contributed by atoms with E-state index in [0.29, 0.717) is 17.4 Å². The van der Waals surface area contributed by atoms with Crippen molar-refractivity contribution in [3.05, 3.63) is 23.5 Å². The number of hydrogen-bond donors (Lipinski definition) is 1. The van der Waals surface area contributed by atoms with Crippen LogP contribution in [0.25, 0.3) is 0 Å². The fourth-order valence-corrected chi connectivity index (χ4v) is 1.31. The maximum atomic E-state index is 5.78. The number of nitrogens with two attached hydrogens (primary N) is 1. The van der Waals surface area contributed by atoms with Gasteiger partial charge in [0, 0.05) is 12.3 Å². The molecule has 2 aromatic heterocycles. The predicted octanol–water partition coefficient (Wildman–Crippen LogP) is 1.69. The van der Waals surface area contributed by atoms with Crippen molar-refractivity contribution in [2.45, 2.75) is 6.92 Å². The Morgan fingerprint density at radius 1 is 1.22 bits per heavy atom. The Kier molecular flexibility index (Phi) is 3.73. The number of anilines is 1. The van der Waals surface area contributed by atoms with Gasteiger partial charge < -0.3 is 15.2 Å². The van der Waals surface area contributed by atoms with Crippen LogP contribution in [0.1, 0.15) is 6.92 Å². The monoisotopic (exact) mass is 267 g/mol. The van der Waals surface area contributed by atoms with E-state index >= 15 is 0 Å². The molecule has 0 saturated heterocycles. The van der Waals surface area contributed by atoms with E-state index in [1.54, 1.807) is 13.0 Å². The van der Waals surface area contributed by atoms with Gasteiger partial charge in [-0.3, -0.25) is 4.98 Å². The van der Waals surface area contributed by atoms with Crippen molar-refractivity contribution >= 4 is 17.5 Å². The molecule has 0 radical (unpaired) electrons. The zero-order valence-corrected chi connectivity index (χ0v) is 10.3. The lowest BCUT2D eigenvalue weighted by Crippen LogP contribution is -2.04. The number of rotatable bonds is 4. The van der Waals surface area contributed by atoms with Crippen LogP contribution < -0.4 is 15.2 Å². The van der Waals surface area contributed by atoms with E-state index in [2.05, 4.69) is 19.9 Å². The molecule has 0 unspecified atom stereocenters. The molecule has 0 aliphatic heterocycles. The molecule has 2 heterocycles. The van der Waals surface area contributed by atoms with Gasteiger partial charge in [-0.15, -0.1) is 4.98 Å². The van der Waals surface area contributed by atoms with Crippen LogP contribution in [-0.4, -0.2) is 26.5 Å². The van der Waals surface area contributed by atoms with E-state index in [0.717, 1.165) is 0 Å². The minimum Gasteiger partial charge on any atom is -0.464 e. The molecule has 94 valence electrons. The Bertz CT molecular complexity index is 552. The van der Waals surface area contributed by atoms with Gasteiger partial charge in [-0.1, -0.05) is 11.6 Å². The van der Waals surface area contributed by atoms with E-state index in [9.17, 15) is 0 Å². The van der Waals surface area contributed by atoms with Gasteiger partial charge in [-0.2, -0.15) is 9.97 Å². The van der Waals surface area contributed by atoms with Crippen molar-refractivity contribution in [1.29, 1.82) is 0 Å². The Morgan fingerprint density at radius 2 is 2.00 bits per heavy atom. The van der Waals surface area contributed by atoms with Crippen molar-refractivity contribution < 1.29 is 9.47 Å². The first kappa shape index (κ1) is 12.3. The lowest BCUT2D eigenvalue weighted by atomic mass is 10.5. The quantitative estimate of drug-likeness (QED) is 0.900. The number of aromatic nitrogens is 4. The number of pyridine rings is 1. The smallest absolute Gasteiger partial charge is 0.330 e. The van der Waals surface area contributed by atoms with Gasteiger partial charge in [0.2, 0.25) is 5.95 Å². The summed E-state index contributed by atoms with van der Waals surface area (Å²) in [6, 6.07) is 1.71. The van der Waals surface area contributed by atoms with E-state index in [4.69, 9.17) is 26.8 Å². The van der Waals surface area contributed by atoms with Crippen molar-refractivity contribution in [3.63, 3.8) is 0 Å². The van der Waals surface area contributed by atoms with Gasteiger partial charge in [-0.05, 0) is 6.92 Å². The Hall–Kier alpha value is -2.15. The summed E-state index contributed by atoms with van der Waals surface area (Å²) in [5.74, 6) is 0.411. The molecule has 2 N–H and O–H groups in total. The largest absolute Gasteiger partial charge is 0.464 e. The zero-order valence-electron chi connectivity index (χ0n) is 9.50. The summed E-state index contributed by atoms with van der Waals surface area (Å²) in [5.41, 5.74) is 5.51. The Balaban J connectivity index is 2.23. The molecule has 0 aromatic carbocycles. The number of nitrogens with zero attached hydrogens (tertiary/aromatic N) is 4. The first-order valence-corrected chi connectivity index (χ1v) is 5.48. The number of halogens is 1. The van der Waals surface area contributed by atoms with E-state index < -0.39 is 0 Å². The molecule has 2 aromatic rings. The van der Waals surface area contributed by atoms with Crippen LogP contribution in [0.3, 0.4) is 0 Å². The molecule has 0 fully saturated rings. The fraction of sp³-hybridized carbons (Fsp3) is 0.200. The zero-order chi connectivity index (χ0) is 13.0. The predicted molar refractivity (Wildman–Crippen MR) is 64.7 cm³/mol. The first-order chi connectivity index (χ1) is 8.67. The summed E-state index contributed by atoms with van der Waals surface area (Å²) in [5, 5.41) is 0.444. The third-order valence-corrected chi connectivity index (χ3v) is 1.98. The van der Waals surface area contributed by atoms with Crippen LogP contribution in [-0.2, 0) is 0 Å². The topological polar surface area (TPSA) is 96.0 Å². The molecule has 0 aliphatic rings. The van der Waals surface area contributed by atoms with Crippen LogP contribution in [0.15, 0.2) is 18.5 Å². The molecule has 0 spiro atoms. The molecule has 0 atom stereocenters. The molecule has 18 heavy (non-hydrogen) atoms. The van der Waals surface area contributed by atoms with Gasteiger partial charge in [0.1, 0.15) is 0 Å². The third-order valence-electron chi connectivity index (χ3n) is 1.77. The highest BCUT2D eigenvalue weighted by molar-refractivity contribution is 6.30. The molecule has 7 nitrogen and oxygen atoms in total. The summed E-state index contributed by atoms with van der Waals surface area (Å²) < 4.78 is 10.5. The average molecular weight is 268 g/mol. The summed E-state index contributed by atoms with van der Waals surface area (Å²) in [4.78, 5) is 15.4. The van der Waals surface area contributed by atoms with E-state index in [1.807, 2.05) is 0 Å². The number of ether oxygens (including phenoxy) is 2. The second kappa shape index (κ2) is 5.46. The molecule has 0 saturated carbocycles. The van der Waals surface area contributed by atoms with Crippen LogP contribution in [0.4, 0.5) is 5.95 Å². The second-order valence-electron chi connectivity index (χ2n) is 3.13. The normalized spacial score (nSPS) is 10.1. The maximum Gasteiger partial charge on any atom is 0.330 e. The maximum absolute atomic E-state index is 5.78. The highest BCUT2D eigenvalue weighted by atomic mass is 35.5. The summed E-state index contributed by atoms with van der Waals surface area (Å²) in [7, 11) is 0. The Labute approximate surface area is 108 Å². The van der Waals surface area contributed by atoms with Crippen molar-refractivity contribution in [3.8, 4) is 17.8 Å². The second-order valence-corrected chi connectivity index (χ2v) is 3.57. The lowest BCUT2D eigenvalue weighted by Gasteiger charge is -2.06. The lowest BCUT2D eigenvalue weighted by molar-refractivity contribution is 0.304. The van der Waals surface area contributed by atoms with E-state index in [-0.39, 0.29) is 18.0 Å². The fourth-order valence-electron chi connectivity index (χ4n) is 1.15. The van der Waals surface area contributed by atoms with Gasteiger partial charge in [0.05, 0.1) is 17.8 Å². The standard InChI is InChI=1S/C10H10ClN5O2/c1-2-17-9-14-8(12)15-10(16-9)18-7-3-6(11)4-13-5-7/h3-5H,2H2,1H3,(H2,12,14,15,16). The third kappa shape index (κ3) is 3.17. The number of hydrogen-bond acceptors (Lipinski definition) is 7. The van der Waals surface area contributed by atoms with Crippen molar-refractivity contribution in [1.82, 2.24) is 19.9 Å². The highest BCUT2D eigenvalue weighted by Crippen LogP contribution is 2.21. The highest BCUT2D eigenvalue weighted by Gasteiger charge is 2.07. The number of nitrogen functional groups attached to an aromatic ring is 1. The van der Waals surface area contributed by atoms with Crippen LogP contribution in [0, 0.1) is 0 Å². The molecular formula is C10H10ClN5O2. The van der Waals surface area contributed by atoms with Gasteiger partial charge in [0.25, 0.3) is 0 Å². The van der Waals surface area contributed by atoms with Crippen LogP contribution >= 0.6 is 11.6 Å². The van der Waals surface area contributed by atoms with E-state index in [1.165, 1.54) is 12.4 Å². The van der Waals surface area contributed by atoms with Crippen molar-refractivity contribution in [2.24, 2.45) is 0 Å². The molecule has 2 rings (SSSR count). The summed E-state index contributed by atoms with van der Waals surface area (Å²) in [6.45, 7) is 2.23. The van der Waals surface area contributed by atoms with Crippen molar-refractivity contribution in [2.75, 3.05) is 12.3 Å². The summed E-state index contributed by atoms with van der Waals surface area (Å²) in [6.07, 6.45) is 2.97. The molecule has 0 bridgehead atoms. The molecule has 0 aliphatic carbocycles. The molecular weight excluding hydrogens is 258 g/mol. The summed E-state index contributed by atoms with van der Waals surface area (Å²) >= 11 is 5.78. The minimum absolute atomic E-state index is 0.0124. The van der Waals surface area contributed by atoms with Crippen LogP contribution in [0.2, 0.25) is 5.02 Å². The van der Waals surface area contributed by atoms with Gasteiger partial charge >= 0.3 is 12.0 Å². The SMILES string of the molecule is CCOc1nc(N)nc(Oc2cncc(Cl)c2)n1. The Morgan fingerprint density at radius 3 is 2.72 bits per heavy atom. The molecule has 0 amide bonds. The minimum atomic E-state index is 0.0124. The van der Waals surface area contributed by atoms with Gasteiger partial charge in [-0.25, -0.2) is 0 Å². The molecule has 8 heteroatoms. The van der Waals surface area contributed by atoms with Gasteiger partial charge in [0.15, 0.2) is 5.75 Å². The first-order valence-electron chi connectivity index (χ1n) is 5.10. The van der Waals surface area contributed by atoms with Crippen LogP contribution in [0.5, 0.6) is 17.8 Å². The average Bonchev–Trinajstić information content (AvgIpc) is 2.28.